The Hall–Kier alpha value is -5.88. The standard InChI is InChI=1S/C39H38FN3O7S/c1-48-33-18-12-29(13-19-33)26-43(36(24-28-8-4-3-5-9-28)39(45)41-25-30-10-6-7-11-37(30)49-2)38(44)27-50-34-20-22-35(23-21-34)51(46,47)42-32-16-14-31(40)15-17-32/h3-23,36,42H,24-27H2,1-2H3,(H,41,45). The smallest absolute Gasteiger partial charge is 0.261 e. The zero-order valence-corrected chi connectivity index (χ0v) is 28.9. The SMILES string of the molecule is COc1ccc(CN(C(=O)COc2ccc(S(=O)(=O)Nc3ccc(F)cc3)cc2)C(Cc2ccccc2)C(=O)NCc2ccccc2OC)cc1. The molecule has 264 valence electrons. The van der Waals surface area contributed by atoms with Gasteiger partial charge in [-0.05, 0) is 77.9 Å². The number of amides is 2. The second-order valence-corrected chi connectivity index (χ2v) is 13.2. The number of methoxy groups -OCH3 is 2. The van der Waals surface area contributed by atoms with Gasteiger partial charge in [0, 0.05) is 30.8 Å². The van der Waals surface area contributed by atoms with E-state index in [9.17, 15) is 22.4 Å². The van der Waals surface area contributed by atoms with Crippen LogP contribution in [0.25, 0.3) is 0 Å². The number of anilines is 1. The van der Waals surface area contributed by atoms with Crippen LogP contribution in [0.4, 0.5) is 10.1 Å². The summed E-state index contributed by atoms with van der Waals surface area (Å²) in [6.45, 7) is -0.153. The molecule has 2 amide bonds. The van der Waals surface area contributed by atoms with Gasteiger partial charge < -0.3 is 24.4 Å². The highest BCUT2D eigenvalue weighted by atomic mass is 32.2. The molecule has 0 radical (unpaired) electrons. The first-order valence-corrected chi connectivity index (χ1v) is 17.5. The topological polar surface area (TPSA) is 123 Å². The summed E-state index contributed by atoms with van der Waals surface area (Å²) in [5, 5.41) is 2.99. The predicted molar refractivity (Wildman–Crippen MR) is 191 cm³/mol. The number of nitrogens with one attached hydrogen (secondary N) is 2. The summed E-state index contributed by atoms with van der Waals surface area (Å²) in [5.41, 5.74) is 2.61. The summed E-state index contributed by atoms with van der Waals surface area (Å²) in [5.74, 6) is 0.199. The minimum Gasteiger partial charge on any atom is -0.497 e. The predicted octanol–water partition coefficient (Wildman–Crippen LogP) is 5.98. The molecule has 12 heteroatoms. The number of hydrogen-bond donors (Lipinski definition) is 2. The Morgan fingerprint density at radius 3 is 2.06 bits per heavy atom. The summed E-state index contributed by atoms with van der Waals surface area (Å²) in [6, 6.07) is 33.5. The van der Waals surface area contributed by atoms with Gasteiger partial charge in [-0.1, -0.05) is 60.7 Å². The van der Waals surface area contributed by atoms with Crippen LogP contribution in [-0.2, 0) is 39.1 Å². The molecule has 0 spiro atoms. The first kappa shape index (κ1) is 36.4. The molecule has 0 aliphatic rings. The Labute approximate surface area is 296 Å². The quantitative estimate of drug-likeness (QED) is 0.129. The molecule has 0 aliphatic heterocycles. The van der Waals surface area contributed by atoms with E-state index in [-0.39, 0.29) is 41.7 Å². The second kappa shape index (κ2) is 17.2. The van der Waals surface area contributed by atoms with Crippen molar-refractivity contribution in [1.82, 2.24) is 10.2 Å². The fourth-order valence-corrected chi connectivity index (χ4v) is 6.36. The molecule has 0 heterocycles. The van der Waals surface area contributed by atoms with E-state index in [1.807, 2.05) is 66.7 Å². The Morgan fingerprint density at radius 1 is 0.745 bits per heavy atom. The maximum Gasteiger partial charge on any atom is 0.261 e. The highest BCUT2D eigenvalue weighted by Crippen LogP contribution is 2.22. The van der Waals surface area contributed by atoms with Gasteiger partial charge in [0.1, 0.15) is 29.1 Å². The Kier molecular flexibility index (Phi) is 12.3. The minimum absolute atomic E-state index is 0.0544. The lowest BCUT2D eigenvalue weighted by atomic mass is 10.0. The number of nitrogens with zero attached hydrogens (tertiary/aromatic N) is 1. The number of rotatable bonds is 16. The average Bonchev–Trinajstić information content (AvgIpc) is 3.16. The summed E-state index contributed by atoms with van der Waals surface area (Å²) in [4.78, 5) is 29.5. The molecule has 1 unspecified atom stereocenters. The van der Waals surface area contributed by atoms with Gasteiger partial charge in [-0.15, -0.1) is 0 Å². The van der Waals surface area contributed by atoms with Gasteiger partial charge in [-0.25, -0.2) is 12.8 Å². The molecule has 0 fully saturated rings. The first-order chi connectivity index (χ1) is 24.6. The number of sulfonamides is 1. The van der Waals surface area contributed by atoms with Gasteiger partial charge in [0.15, 0.2) is 6.61 Å². The maximum absolute atomic E-state index is 14.1. The van der Waals surface area contributed by atoms with Gasteiger partial charge in [0.25, 0.3) is 15.9 Å². The zero-order chi connectivity index (χ0) is 36.2. The number of para-hydroxylation sites is 1. The highest BCUT2D eigenvalue weighted by molar-refractivity contribution is 7.92. The molecule has 0 aliphatic carbocycles. The third-order valence-corrected chi connectivity index (χ3v) is 9.42. The lowest BCUT2D eigenvalue weighted by Crippen LogP contribution is -2.51. The van der Waals surface area contributed by atoms with E-state index < -0.39 is 34.4 Å². The van der Waals surface area contributed by atoms with Crippen molar-refractivity contribution in [3.8, 4) is 17.2 Å². The fourth-order valence-electron chi connectivity index (χ4n) is 5.31. The summed E-state index contributed by atoms with van der Waals surface area (Å²) < 4.78 is 58.0. The van der Waals surface area contributed by atoms with Gasteiger partial charge in [0.2, 0.25) is 5.91 Å². The van der Waals surface area contributed by atoms with Crippen LogP contribution in [0.2, 0.25) is 0 Å². The number of benzene rings is 5. The first-order valence-electron chi connectivity index (χ1n) is 16.0. The molecule has 5 rings (SSSR count). The van der Waals surface area contributed by atoms with Gasteiger partial charge >= 0.3 is 0 Å². The highest BCUT2D eigenvalue weighted by Gasteiger charge is 2.31. The van der Waals surface area contributed by atoms with Gasteiger partial charge in [-0.2, -0.15) is 0 Å². The van der Waals surface area contributed by atoms with E-state index in [0.29, 0.717) is 11.5 Å². The number of carbonyl (C=O) groups is 2. The Morgan fingerprint density at radius 2 is 1.39 bits per heavy atom. The molecule has 0 bridgehead atoms. The lowest BCUT2D eigenvalue weighted by molar-refractivity contribution is -0.142. The van der Waals surface area contributed by atoms with Crippen molar-refractivity contribution in [3.05, 3.63) is 150 Å². The zero-order valence-electron chi connectivity index (χ0n) is 28.1. The number of halogens is 1. The second-order valence-electron chi connectivity index (χ2n) is 11.5. The van der Waals surface area contributed by atoms with E-state index >= 15 is 0 Å². The number of ether oxygens (including phenoxy) is 3. The fraction of sp³-hybridized carbons (Fsp3) is 0.179. The third kappa shape index (κ3) is 10.1. The number of hydrogen-bond acceptors (Lipinski definition) is 7. The Bertz CT molecular complexity index is 2010. The van der Waals surface area contributed by atoms with E-state index in [4.69, 9.17) is 14.2 Å². The molecule has 0 saturated carbocycles. The normalized spacial score (nSPS) is 11.6. The maximum atomic E-state index is 14.1. The molecule has 1 atom stereocenters. The monoisotopic (exact) mass is 711 g/mol. The number of carbonyl (C=O) groups excluding carboxylic acids is 2. The van der Waals surface area contributed by atoms with Crippen LogP contribution in [0.15, 0.2) is 132 Å². The molecule has 0 saturated heterocycles. The molecule has 0 aromatic heterocycles. The van der Waals surface area contributed by atoms with Crippen molar-refractivity contribution in [1.29, 1.82) is 0 Å². The van der Waals surface area contributed by atoms with Crippen LogP contribution in [0.5, 0.6) is 17.2 Å². The molecule has 2 N–H and O–H groups in total. The molecule has 5 aromatic carbocycles. The summed E-state index contributed by atoms with van der Waals surface area (Å²) in [6.07, 6.45) is 0.230. The Balaban J connectivity index is 1.37. The summed E-state index contributed by atoms with van der Waals surface area (Å²) >= 11 is 0. The van der Waals surface area contributed by atoms with Crippen LogP contribution in [0.3, 0.4) is 0 Å². The van der Waals surface area contributed by atoms with Crippen LogP contribution in [0, 0.1) is 5.82 Å². The van der Waals surface area contributed by atoms with Crippen molar-refractivity contribution >= 4 is 27.5 Å². The van der Waals surface area contributed by atoms with E-state index in [1.54, 1.807) is 26.4 Å². The minimum atomic E-state index is -3.97. The average molecular weight is 712 g/mol. The van der Waals surface area contributed by atoms with Crippen LogP contribution in [-0.4, -0.2) is 52.0 Å². The van der Waals surface area contributed by atoms with Crippen molar-refractivity contribution < 1.29 is 36.6 Å². The van der Waals surface area contributed by atoms with Gasteiger partial charge in [0.05, 0.1) is 19.1 Å². The van der Waals surface area contributed by atoms with Crippen molar-refractivity contribution in [2.24, 2.45) is 0 Å². The van der Waals surface area contributed by atoms with Crippen molar-refractivity contribution in [2.75, 3.05) is 25.5 Å². The molecule has 51 heavy (non-hydrogen) atoms. The molecule has 10 nitrogen and oxygen atoms in total. The molecular formula is C39H38FN3O7S. The van der Waals surface area contributed by atoms with Crippen molar-refractivity contribution in [3.63, 3.8) is 0 Å². The van der Waals surface area contributed by atoms with Crippen LogP contribution in [0.1, 0.15) is 16.7 Å². The molecular weight excluding hydrogens is 674 g/mol. The lowest BCUT2D eigenvalue weighted by Gasteiger charge is -2.31. The van der Waals surface area contributed by atoms with Crippen molar-refractivity contribution in [2.45, 2.75) is 30.4 Å². The van der Waals surface area contributed by atoms with E-state index in [0.717, 1.165) is 28.8 Å². The summed E-state index contributed by atoms with van der Waals surface area (Å²) in [7, 11) is -0.848. The van der Waals surface area contributed by atoms with E-state index in [2.05, 4.69) is 10.0 Å². The van der Waals surface area contributed by atoms with Gasteiger partial charge in [-0.3, -0.25) is 14.3 Å². The largest absolute Gasteiger partial charge is 0.497 e. The van der Waals surface area contributed by atoms with Crippen LogP contribution < -0.4 is 24.2 Å². The third-order valence-electron chi connectivity index (χ3n) is 8.02. The van der Waals surface area contributed by atoms with Crippen LogP contribution >= 0.6 is 0 Å². The van der Waals surface area contributed by atoms with E-state index in [1.165, 1.54) is 41.3 Å². The molecule has 5 aromatic rings.